The molecule has 3 atom stereocenters. The van der Waals surface area contributed by atoms with Crippen molar-refractivity contribution in [3.05, 3.63) is 34.4 Å². The number of fused-ring (bicyclic) bond motifs is 4. The molecule has 0 saturated carbocycles. The van der Waals surface area contributed by atoms with E-state index in [0.29, 0.717) is 5.41 Å². The molecule has 1 aromatic carbocycles. The Balaban J connectivity index is 2.06. The third-order valence-corrected chi connectivity index (χ3v) is 6.84. The minimum Gasteiger partial charge on any atom is -0.303 e. The quantitative estimate of drug-likeness (QED) is 0.706. The number of likely N-dealkylation sites (tertiary alicyclic amines) is 1. The van der Waals surface area contributed by atoms with Gasteiger partial charge >= 0.3 is 0 Å². The maximum atomic E-state index is 2.63. The summed E-state index contributed by atoms with van der Waals surface area (Å²) < 4.78 is 0. The fourth-order valence-corrected chi connectivity index (χ4v) is 5.14. The van der Waals surface area contributed by atoms with Gasteiger partial charge in [0.25, 0.3) is 0 Å². The first-order chi connectivity index (χ1) is 10.5. The normalized spacial score (nSPS) is 31.1. The van der Waals surface area contributed by atoms with Crippen LogP contribution in [0.3, 0.4) is 0 Å². The average Bonchev–Trinajstić information content (AvgIpc) is 2.48. The molecule has 0 aromatic heterocycles. The van der Waals surface area contributed by atoms with E-state index in [1.807, 2.05) is 0 Å². The molecular formula is C21H33N. The summed E-state index contributed by atoms with van der Waals surface area (Å²) in [6, 6.07) is 5.79. The van der Waals surface area contributed by atoms with Gasteiger partial charge in [-0.3, -0.25) is 0 Å². The zero-order valence-electron chi connectivity index (χ0n) is 15.2. The lowest BCUT2D eigenvalue weighted by Gasteiger charge is -2.55. The van der Waals surface area contributed by atoms with Gasteiger partial charge in [0, 0.05) is 11.5 Å². The van der Waals surface area contributed by atoms with Crippen molar-refractivity contribution in [2.75, 3.05) is 13.6 Å². The summed E-state index contributed by atoms with van der Waals surface area (Å²) in [5.41, 5.74) is 6.76. The van der Waals surface area contributed by atoms with Crippen molar-refractivity contribution in [2.24, 2.45) is 5.92 Å². The van der Waals surface area contributed by atoms with Crippen LogP contribution in [0, 0.1) is 19.8 Å². The molecule has 1 fully saturated rings. The van der Waals surface area contributed by atoms with E-state index >= 15 is 0 Å². The zero-order chi connectivity index (χ0) is 15.9. The third-order valence-electron chi connectivity index (χ3n) is 6.84. The molecular weight excluding hydrogens is 266 g/mol. The van der Waals surface area contributed by atoms with Gasteiger partial charge in [-0.2, -0.15) is 0 Å². The van der Waals surface area contributed by atoms with Crippen molar-refractivity contribution in [2.45, 2.75) is 77.7 Å². The van der Waals surface area contributed by atoms with Crippen LogP contribution in [0.25, 0.3) is 0 Å². The number of hydrogen-bond donors (Lipinski definition) is 0. The van der Waals surface area contributed by atoms with Crippen LogP contribution in [0.15, 0.2) is 12.1 Å². The number of aryl methyl sites for hydroxylation is 2. The Hall–Kier alpha value is -0.820. The molecule has 0 amide bonds. The number of piperidine rings is 1. The van der Waals surface area contributed by atoms with Crippen molar-refractivity contribution in [3.8, 4) is 0 Å². The van der Waals surface area contributed by atoms with Crippen LogP contribution < -0.4 is 0 Å². The molecule has 0 unspecified atom stereocenters. The molecule has 22 heavy (non-hydrogen) atoms. The highest BCUT2D eigenvalue weighted by molar-refractivity contribution is 5.45. The standard InChI is InChI=1S/C21H33N/c1-6-7-8-9-21-10-11-22(5)20(17(21)4)14-18-12-15(2)16(3)13-19(18)21/h12-13,17,20H,6-11,14H2,1-5H3/t17-,20+,21-/m1/s1. The Morgan fingerprint density at radius 2 is 1.91 bits per heavy atom. The number of nitrogens with zero attached hydrogens (tertiary/aromatic N) is 1. The van der Waals surface area contributed by atoms with Gasteiger partial charge in [0.2, 0.25) is 0 Å². The van der Waals surface area contributed by atoms with E-state index in [4.69, 9.17) is 0 Å². The summed E-state index contributed by atoms with van der Waals surface area (Å²) in [5.74, 6) is 0.790. The van der Waals surface area contributed by atoms with Crippen molar-refractivity contribution in [1.29, 1.82) is 0 Å². The van der Waals surface area contributed by atoms with E-state index in [1.165, 1.54) is 56.2 Å². The van der Waals surface area contributed by atoms with Crippen molar-refractivity contribution in [3.63, 3.8) is 0 Å². The van der Waals surface area contributed by atoms with E-state index in [2.05, 4.69) is 51.8 Å². The van der Waals surface area contributed by atoms with E-state index in [0.717, 1.165) is 12.0 Å². The summed E-state index contributed by atoms with van der Waals surface area (Å²) in [6.45, 7) is 10.7. The molecule has 1 nitrogen and oxygen atoms in total. The Kier molecular flexibility index (Phi) is 4.38. The summed E-state index contributed by atoms with van der Waals surface area (Å²) in [6.07, 6.45) is 8.10. The highest BCUT2D eigenvalue weighted by Gasteiger charge is 2.49. The van der Waals surface area contributed by atoms with Gasteiger partial charge in [0.15, 0.2) is 0 Å². The average molecular weight is 300 g/mol. The number of unbranched alkanes of at least 4 members (excludes halogenated alkanes) is 2. The SMILES string of the molecule is CCCCC[C@]12CCN(C)[C@@H](Cc3cc(C)c(C)cc31)[C@H]2C. The Bertz CT molecular complexity index is 547. The summed E-state index contributed by atoms with van der Waals surface area (Å²) in [7, 11) is 2.34. The highest BCUT2D eigenvalue weighted by Crippen LogP contribution is 2.51. The van der Waals surface area contributed by atoms with E-state index in [9.17, 15) is 0 Å². The lowest BCUT2D eigenvalue weighted by atomic mass is 9.56. The van der Waals surface area contributed by atoms with Gasteiger partial charge in [-0.05, 0) is 74.9 Å². The van der Waals surface area contributed by atoms with Crippen LogP contribution in [0.1, 0.15) is 68.2 Å². The minimum atomic E-state index is 0.443. The Morgan fingerprint density at radius 1 is 1.18 bits per heavy atom. The maximum Gasteiger partial charge on any atom is 0.0167 e. The molecule has 3 rings (SSSR count). The molecule has 122 valence electrons. The largest absolute Gasteiger partial charge is 0.303 e. The van der Waals surface area contributed by atoms with Crippen LogP contribution in [0.5, 0.6) is 0 Å². The number of rotatable bonds is 4. The zero-order valence-corrected chi connectivity index (χ0v) is 15.2. The topological polar surface area (TPSA) is 3.24 Å². The fourth-order valence-electron chi connectivity index (χ4n) is 5.14. The lowest BCUT2D eigenvalue weighted by Crippen LogP contribution is -2.57. The molecule has 1 aliphatic heterocycles. The second kappa shape index (κ2) is 6.00. The predicted molar refractivity (Wildman–Crippen MR) is 95.6 cm³/mol. The molecule has 0 spiro atoms. The molecule has 1 heterocycles. The first-order valence-corrected chi connectivity index (χ1v) is 9.30. The van der Waals surface area contributed by atoms with Gasteiger partial charge in [-0.1, -0.05) is 45.2 Å². The van der Waals surface area contributed by atoms with Crippen molar-refractivity contribution in [1.82, 2.24) is 4.90 Å². The molecule has 2 bridgehead atoms. The lowest BCUT2D eigenvalue weighted by molar-refractivity contribution is 0.0345. The highest BCUT2D eigenvalue weighted by atomic mass is 15.1. The minimum absolute atomic E-state index is 0.443. The molecule has 1 heteroatoms. The fraction of sp³-hybridized carbons (Fsp3) is 0.714. The Labute approximate surface area is 137 Å². The molecule has 2 aliphatic rings. The first-order valence-electron chi connectivity index (χ1n) is 9.30. The van der Waals surface area contributed by atoms with E-state index < -0.39 is 0 Å². The number of hydrogen-bond acceptors (Lipinski definition) is 1. The van der Waals surface area contributed by atoms with Crippen LogP contribution in [-0.4, -0.2) is 24.5 Å². The Morgan fingerprint density at radius 3 is 2.64 bits per heavy atom. The first kappa shape index (κ1) is 16.1. The maximum absolute atomic E-state index is 2.63. The van der Waals surface area contributed by atoms with Gasteiger partial charge in [-0.15, -0.1) is 0 Å². The smallest absolute Gasteiger partial charge is 0.0167 e. The van der Waals surface area contributed by atoms with Gasteiger partial charge < -0.3 is 4.90 Å². The predicted octanol–water partition coefficient (Wildman–Crippen LogP) is 5.02. The molecule has 0 N–H and O–H groups in total. The second-order valence-electron chi connectivity index (χ2n) is 8.00. The third kappa shape index (κ3) is 2.42. The van der Waals surface area contributed by atoms with E-state index in [-0.39, 0.29) is 0 Å². The molecule has 0 radical (unpaired) electrons. The number of benzene rings is 1. The molecule has 1 aliphatic carbocycles. The summed E-state index contributed by atoms with van der Waals surface area (Å²) in [5, 5.41) is 0. The van der Waals surface area contributed by atoms with Crippen LogP contribution in [-0.2, 0) is 11.8 Å². The van der Waals surface area contributed by atoms with Crippen molar-refractivity contribution >= 4 is 0 Å². The summed E-state index contributed by atoms with van der Waals surface area (Å²) in [4.78, 5) is 2.63. The summed E-state index contributed by atoms with van der Waals surface area (Å²) >= 11 is 0. The van der Waals surface area contributed by atoms with Crippen LogP contribution in [0.4, 0.5) is 0 Å². The van der Waals surface area contributed by atoms with Gasteiger partial charge in [-0.25, -0.2) is 0 Å². The second-order valence-corrected chi connectivity index (χ2v) is 8.00. The van der Waals surface area contributed by atoms with Gasteiger partial charge in [0.1, 0.15) is 0 Å². The van der Waals surface area contributed by atoms with Crippen LogP contribution in [0.2, 0.25) is 0 Å². The van der Waals surface area contributed by atoms with E-state index in [1.54, 1.807) is 11.1 Å². The molecule has 1 saturated heterocycles. The van der Waals surface area contributed by atoms with Gasteiger partial charge in [0.05, 0.1) is 0 Å². The van der Waals surface area contributed by atoms with Crippen molar-refractivity contribution < 1.29 is 0 Å². The monoisotopic (exact) mass is 299 g/mol. The number of likely N-dealkylation sites (N-methyl/N-ethyl adjacent to an activating group) is 1. The molecule has 1 aromatic rings. The van der Waals surface area contributed by atoms with Crippen LogP contribution >= 0.6 is 0 Å².